The number of amides is 1. The van der Waals surface area contributed by atoms with Crippen LogP contribution < -0.4 is 4.72 Å². The Morgan fingerprint density at radius 1 is 1.21 bits per heavy atom. The fraction of sp³-hybridized carbons (Fsp3) is 0.938. The summed E-state index contributed by atoms with van der Waals surface area (Å²) < 4.78 is 30.9. The molecule has 2 fully saturated rings. The Morgan fingerprint density at radius 3 is 2.46 bits per heavy atom. The summed E-state index contributed by atoms with van der Waals surface area (Å²) in [6.45, 7) is 9.58. The number of likely N-dealkylation sites (tertiary alicyclic amines) is 2. The minimum Gasteiger partial charge on any atom is -0.444 e. The van der Waals surface area contributed by atoms with Gasteiger partial charge in [-0.1, -0.05) is 0 Å². The molecule has 8 heteroatoms. The quantitative estimate of drug-likeness (QED) is 0.794. The van der Waals surface area contributed by atoms with Crippen LogP contribution in [0.2, 0.25) is 0 Å². The van der Waals surface area contributed by atoms with Crippen molar-refractivity contribution in [1.82, 2.24) is 14.5 Å². The highest BCUT2D eigenvalue weighted by atomic mass is 32.2. The second-order valence-electron chi connectivity index (χ2n) is 7.87. The van der Waals surface area contributed by atoms with E-state index in [0.717, 1.165) is 39.0 Å². The monoisotopic (exact) mass is 361 g/mol. The summed E-state index contributed by atoms with van der Waals surface area (Å²) in [5.41, 5.74) is -0.456. The lowest BCUT2D eigenvalue weighted by atomic mass is 9.81. The lowest BCUT2D eigenvalue weighted by Gasteiger charge is -2.46. The first-order valence-corrected chi connectivity index (χ1v) is 10.4. The predicted octanol–water partition coefficient (Wildman–Crippen LogP) is 1.11. The molecule has 1 N–H and O–H groups in total. The molecular formula is C16H31N3O4S. The molecule has 2 aliphatic rings. The molecule has 2 saturated heterocycles. The van der Waals surface area contributed by atoms with E-state index in [-0.39, 0.29) is 11.8 Å². The molecule has 0 aromatic rings. The second-order valence-corrected chi connectivity index (χ2v) is 9.92. The van der Waals surface area contributed by atoms with Crippen LogP contribution in [0.3, 0.4) is 0 Å². The summed E-state index contributed by atoms with van der Waals surface area (Å²) in [6, 6.07) is 0. The second kappa shape index (κ2) is 7.58. The van der Waals surface area contributed by atoms with E-state index in [1.807, 2.05) is 20.8 Å². The van der Waals surface area contributed by atoms with Crippen molar-refractivity contribution in [3.05, 3.63) is 0 Å². The number of sulfonamides is 1. The lowest BCUT2D eigenvalue weighted by Crippen LogP contribution is -2.56. The molecule has 0 bridgehead atoms. The molecule has 1 unspecified atom stereocenters. The molecule has 2 rings (SSSR count). The highest BCUT2D eigenvalue weighted by Gasteiger charge is 2.39. The van der Waals surface area contributed by atoms with E-state index in [1.54, 1.807) is 4.90 Å². The minimum atomic E-state index is -3.15. The lowest BCUT2D eigenvalue weighted by molar-refractivity contribution is -0.0192. The average Bonchev–Trinajstić information content (AvgIpc) is 2.42. The Hall–Kier alpha value is -0.860. The Kier molecular flexibility index (Phi) is 6.14. The van der Waals surface area contributed by atoms with E-state index in [0.29, 0.717) is 18.4 Å². The van der Waals surface area contributed by atoms with Crippen molar-refractivity contribution in [2.75, 3.05) is 45.5 Å². The summed E-state index contributed by atoms with van der Waals surface area (Å²) in [6.07, 6.45) is 2.02. The average molecular weight is 362 g/mol. The van der Waals surface area contributed by atoms with Gasteiger partial charge in [0, 0.05) is 26.2 Å². The van der Waals surface area contributed by atoms with Crippen LogP contribution in [0.15, 0.2) is 0 Å². The smallest absolute Gasteiger partial charge is 0.410 e. The molecule has 0 aromatic carbocycles. The summed E-state index contributed by atoms with van der Waals surface area (Å²) in [5.74, 6) is 1.18. The van der Waals surface area contributed by atoms with Crippen LogP contribution in [0.5, 0.6) is 0 Å². The number of hydrogen-bond donors (Lipinski definition) is 1. The van der Waals surface area contributed by atoms with E-state index in [2.05, 4.69) is 9.62 Å². The largest absolute Gasteiger partial charge is 0.444 e. The van der Waals surface area contributed by atoms with Gasteiger partial charge in [0.25, 0.3) is 0 Å². The number of carbonyl (C=O) groups is 1. The van der Waals surface area contributed by atoms with E-state index < -0.39 is 15.6 Å². The maximum atomic E-state index is 12.0. The maximum absolute atomic E-state index is 12.0. The molecule has 2 aliphatic heterocycles. The van der Waals surface area contributed by atoms with Crippen molar-refractivity contribution in [2.45, 2.75) is 39.2 Å². The zero-order valence-electron chi connectivity index (χ0n) is 15.2. The van der Waals surface area contributed by atoms with Gasteiger partial charge in [-0.05, 0) is 59.0 Å². The Morgan fingerprint density at radius 2 is 1.88 bits per heavy atom. The molecule has 7 nitrogen and oxygen atoms in total. The summed E-state index contributed by atoms with van der Waals surface area (Å²) in [7, 11) is -1.69. The summed E-state index contributed by atoms with van der Waals surface area (Å²) in [5, 5.41) is 0. The van der Waals surface area contributed by atoms with Gasteiger partial charge >= 0.3 is 6.09 Å². The van der Waals surface area contributed by atoms with Crippen LogP contribution in [0, 0.1) is 11.8 Å². The predicted molar refractivity (Wildman–Crippen MR) is 93.3 cm³/mol. The van der Waals surface area contributed by atoms with Crippen LogP contribution in [0.1, 0.15) is 33.6 Å². The summed E-state index contributed by atoms with van der Waals surface area (Å²) >= 11 is 0. The van der Waals surface area contributed by atoms with Gasteiger partial charge in [-0.25, -0.2) is 17.9 Å². The van der Waals surface area contributed by atoms with Crippen molar-refractivity contribution in [1.29, 1.82) is 0 Å². The van der Waals surface area contributed by atoms with E-state index >= 15 is 0 Å². The number of carbonyl (C=O) groups excluding carboxylic acids is 1. The Labute approximate surface area is 145 Å². The third-order valence-electron chi connectivity index (χ3n) is 4.76. The van der Waals surface area contributed by atoms with Crippen molar-refractivity contribution in [3.8, 4) is 0 Å². The number of nitrogens with one attached hydrogen (secondary N) is 1. The number of nitrogens with zero attached hydrogens (tertiary/aromatic N) is 2. The van der Waals surface area contributed by atoms with Crippen molar-refractivity contribution in [2.24, 2.45) is 11.8 Å². The molecule has 1 atom stereocenters. The highest BCUT2D eigenvalue weighted by molar-refractivity contribution is 7.89. The first-order valence-electron chi connectivity index (χ1n) is 8.71. The molecule has 0 spiro atoms. The third kappa shape index (κ3) is 5.60. The number of rotatable bonds is 5. The van der Waals surface area contributed by atoms with E-state index in [9.17, 15) is 13.2 Å². The minimum absolute atomic E-state index is 0.144. The van der Waals surface area contributed by atoms with Gasteiger partial charge in [-0.2, -0.15) is 0 Å². The van der Waals surface area contributed by atoms with E-state index in [1.165, 1.54) is 7.05 Å². The van der Waals surface area contributed by atoms with Crippen LogP contribution >= 0.6 is 0 Å². The SMILES string of the molecule is CNS(=O)(=O)CCN1CCCC(C2CN(C(=O)OC(C)(C)C)C2)C1. The molecule has 2 heterocycles. The van der Waals surface area contributed by atoms with Gasteiger partial charge < -0.3 is 14.5 Å². The molecule has 24 heavy (non-hydrogen) atoms. The maximum Gasteiger partial charge on any atom is 0.410 e. The molecule has 1 amide bonds. The van der Waals surface area contributed by atoms with Gasteiger partial charge in [0.05, 0.1) is 5.75 Å². The van der Waals surface area contributed by atoms with E-state index in [4.69, 9.17) is 4.74 Å². The van der Waals surface area contributed by atoms with Gasteiger partial charge in [0.15, 0.2) is 0 Å². The number of piperidine rings is 1. The van der Waals surface area contributed by atoms with Crippen LogP contribution in [-0.4, -0.2) is 75.4 Å². The first kappa shape index (κ1) is 19.5. The first-order chi connectivity index (χ1) is 11.1. The fourth-order valence-electron chi connectivity index (χ4n) is 3.32. The van der Waals surface area contributed by atoms with Crippen molar-refractivity contribution in [3.63, 3.8) is 0 Å². The topological polar surface area (TPSA) is 79.0 Å². The van der Waals surface area contributed by atoms with Gasteiger partial charge in [0.1, 0.15) is 5.60 Å². The molecule has 0 radical (unpaired) electrons. The normalized spacial score (nSPS) is 23.8. The Balaban J connectivity index is 1.75. The standard InChI is InChI=1S/C16H31N3O4S/c1-16(2,3)23-15(20)19-11-14(12-19)13-6-5-7-18(10-13)8-9-24(21,22)17-4/h13-14,17H,5-12H2,1-4H3. The molecule has 140 valence electrons. The van der Waals surface area contributed by atoms with Crippen LogP contribution in [0.25, 0.3) is 0 Å². The van der Waals surface area contributed by atoms with Crippen molar-refractivity contribution < 1.29 is 17.9 Å². The fourth-order valence-corrected chi connectivity index (χ4v) is 4.02. The van der Waals surface area contributed by atoms with Gasteiger partial charge in [-0.3, -0.25) is 0 Å². The molecule has 0 aromatic heterocycles. The third-order valence-corrected chi connectivity index (χ3v) is 6.10. The molecular weight excluding hydrogens is 330 g/mol. The van der Waals surface area contributed by atoms with Crippen LogP contribution in [-0.2, 0) is 14.8 Å². The highest BCUT2D eigenvalue weighted by Crippen LogP contribution is 2.31. The Bertz CT molecular complexity index is 538. The van der Waals surface area contributed by atoms with Crippen molar-refractivity contribution >= 4 is 16.1 Å². The van der Waals surface area contributed by atoms with Crippen LogP contribution in [0.4, 0.5) is 4.79 Å². The molecule has 0 aliphatic carbocycles. The van der Waals surface area contributed by atoms with Gasteiger partial charge in [-0.15, -0.1) is 0 Å². The summed E-state index contributed by atoms with van der Waals surface area (Å²) in [4.78, 5) is 16.0. The number of hydrogen-bond acceptors (Lipinski definition) is 5. The molecule has 0 saturated carbocycles. The number of ether oxygens (including phenoxy) is 1. The zero-order chi connectivity index (χ0) is 18.0. The van der Waals surface area contributed by atoms with Gasteiger partial charge in [0.2, 0.25) is 10.0 Å². The zero-order valence-corrected chi connectivity index (χ0v) is 16.1.